The zero-order valence-electron chi connectivity index (χ0n) is 11.7. The van der Waals surface area contributed by atoms with Gasteiger partial charge >= 0.3 is 0 Å². The summed E-state index contributed by atoms with van der Waals surface area (Å²) in [7, 11) is -3.56. The Balaban J connectivity index is 1.99. The van der Waals surface area contributed by atoms with Gasteiger partial charge in [-0.2, -0.15) is 15.6 Å². The molecule has 0 bridgehead atoms. The Morgan fingerprint density at radius 1 is 1.38 bits per heavy atom. The lowest BCUT2D eigenvalue weighted by molar-refractivity contribution is 0.282. The second-order valence-corrected chi connectivity index (χ2v) is 8.81. The molecule has 2 aromatic heterocycles. The minimum atomic E-state index is -3.56. The SMILES string of the molecule is Cc1csc(CO)c1S(=O)(=O)N(Cc1ccsc1)C1CC1. The maximum atomic E-state index is 13.0. The van der Waals surface area contributed by atoms with Gasteiger partial charge in [-0.1, -0.05) is 0 Å². The molecule has 2 heterocycles. The van der Waals surface area contributed by atoms with E-state index in [1.54, 1.807) is 27.9 Å². The van der Waals surface area contributed by atoms with Crippen LogP contribution in [0.15, 0.2) is 27.1 Å². The summed E-state index contributed by atoms with van der Waals surface area (Å²) in [4.78, 5) is 0.834. The van der Waals surface area contributed by atoms with Crippen LogP contribution in [0.3, 0.4) is 0 Å². The van der Waals surface area contributed by atoms with E-state index < -0.39 is 10.0 Å². The summed E-state index contributed by atoms with van der Waals surface area (Å²) in [6, 6.07) is 2.06. The fourth-order valence-electron chi connectivity index (χ4n) is 2.40. The van der Waals surface area contributed by atoms with E-state index in [1.807, 2.05) is 16.8 Å². The molecule has 0 amide bonds. The first kappa shape index (κ1) is 15.2. The summed E-state index contributed by atoms with van der Waals surface area (Å²) in [5.74, 6) is 0. The fourth-order valence-corrected chi connectivity index (χ4v) is 6.34. The highest BCUT2D eigenvalue weighted by Gasteiger charge is 2.40. The third kappa shape index (κ3) is 2.93. The third-order valence-electron chi connectivity index (χ3n) is 3.57. The first-order chi connectivity index (χ1) is 10.0. The number of rotatable bonds is 6. The molecule has 1 N–H and O–H groups in total. The highest BCUT2D eigenvalue weighted by molar-refractivity contribution is 7.89. The van der Waals surface area contributed by atoms with Crippen LogP contribution in [0.4, 0.5) is 0 Å². The van der Waals surface area contributed by atoms with Crippen molar-refractivity contribution in [3.05, 3.63) is 38.2 Å². The summed E-state index contributed by atoms with van der Waals surface area (Å²) in [6.45, 7) is 1.97. The molecule has 1 aliphatic carbocycles. The van der Waals surface area contributed by atoms with Crippen molar-refractivity contribution in [2.75, 3.05) is 0 Å². The molecule has 0 spiro atoms. The molecule has 0 radical (unpaired) electrons. The maximum absolute atomic E-state index is 13.0. The third-order valence-corrected chi connectivity index (χ3v) is 7.65. The van der Waals surface area contributed by atoms with E-state index in [0.29, 0.717) is 16.3 Å². The van der Waals surface area contributed by atoms with Gasteiger partial charge in [-0.05, 0) is 53.1 Å². The summed E-state index contributed by atoms with van der Waals surface area (Å²) in [6.07, 6.45) is 1.84. The van der Waals surface area contributed by atoms with Gasteiger partial charge in [-0.25, -0.2) is 8.42 Å². The maximum Gasteiger partial charge on any atom is 0.245 e. The highest BCUT2D eigenvalue weighted by atomic mass is 32.2. The average molecular weight is 343 g/mol. The molecule has 2 aromatic rings. The van der Waals surface area contributed by atoms with Crippen molar-refractivity contribution in [1.82, 2.24) is 4.31 Å². The number of thiophene rings is 2. The van der Waals surface area contributed by atoms with E-state index in [2.05, 4.69) is 0 Å². The summed E-state index contributed by atoms with van der Waals surface area (Å²) in [5, 5.41) is 15.2. The van der Waals surface area contributed by atoms with Crippen molar-refractivity contribution < 1.29 is 13.5 Å². The molecule has 1 aliphatic rings. The lowest BCUT2D eigenvalue weighted by atomic mass is 10.3. The van der Waals surface area contributed by atoms with Crippen molar-refractivity contribution in [2.24, 2.45) is 0 Å². The Kier molecular flexibility index (Phi) is 4.20. The Hall–Kier alpha value is -0.730. The number of aryl methyl sites for hydroxylation is 1. The molecule has 7 heteroatoms. The molecule has 4 nitrogen and oxygen atoms in total. The lowest BCUT2D eigenvalue weighted by Crippen LogP contribution is -2.33. The van der Waals surface area contributed by atoms with Crippen LogP contribution >= 0.6 is 22.7 Å². The standard InChI is InChI=1S/C14H17NO3S3/c1-10-8-20-13(7-16)14(10)21(17,18)15(12-2-3-12)6-11-4-5-19-9-11/h4-5,8-9,12,16H,2-3,6-7H2,1H3. The smallest absolute Gasteiger partial charge is 0.245 e. The predicted octanol–water partition coefficient (Wildman–Crippen LogP) is 2.96. The molecule has 0 atom stereocenters. The number of hydrogen-bond donors (Lipinski definition) is 1. The summed E-state index contributed by atoms with van der Waals surface area (Å²) < 4.78 is 27.7. The topological polar surface area (TPSA) is 57.6 Å². The van der Waals surface area contributed by atoms with Crippen LogP contribution in [0.2, 0.25) is 0 Å². The van der Waals surface area contributed by atoms with Gasteiger partial charge in [-0.3, -0.25) is 0 Å². The van der Waals surface area contributed by atoms with E-state index >= 15 is 0 Å². The second-order valence-electron chi connectivity index (χ2n) is 5.24. The first-order valence-corrected chi connectivity index (χ1v) is 10.0. The van der Waals surface area contributed by atoms with Gasteiger partial charge in [0.25, 0.3) is 0 Å². The van der Waals surface area contributed by atoms with Crippen LogP contribution < -0.4 is 0 Å². The molecule has 3 rings (SSSR count). The Morgan fingerprint density at radius 3 is 2.71 bits per heavy atom. The molecule has 21 heavy (non-hydrogen) atoms. The Labute approximate surface area is 132 Å². The normalized spacial score (nSPS) is 15.8. The quantitative estimate of drug-likeness (QED) is 0.877. The van der Waals surface area contributed by atoms with E-state index in [1.165, 1.54) is 11.3 Å². The molecule has 0 saturated heterocycles. The van der Waals surface area contributed by atoms with Crippen LogP contribution in [0, 0.1) is 6.92 Å². The van der Waals surface area contributed by atoms with Gasteiger partial charge in [0, 0.05) is 12.6 Å². The molecule has 1 saturated carbocycles. The molecule has 1 fully saturated rings. The molecule has 0 aliphatic heterocycles. The van der Waals surface area contributed by atoms with Crippen LogP contribution in [0.5, 0.6) is 0 Å². The number of aliphatic hydroxyl groups is 1. The van der Waals surface area contributed by atoms with Gasteiger partial charge in [0.1, 0.15) is 4.90 Å². The van der Waals surface area contributed by atoms with Crippen molar-refractivity contribution >= 4 is 32.7 Å². The predicted molar refractivity (Wildman–Crippen MR) is 85.0 cm³/mol. The number of aliphatic hydroxyl groups excluding tert-OH is 1. The zero-order valence-corrected chi connectivity index (χ0v) is 14.1. The van der Waals surface area contributed by atoms with Gasteiger partial charge in [0.05, 0.1) is 11.5 Å². The van der Waals surface area contributed by atoms with E-state index in [4.69, 9.17) is 0 Å². The van der Waals surface area contributed by atoms with Gasteiger partial charge in [0.15, 0.2) is 0 Å². The fraction of sp³-hybridized carbons (Fsp3) is 0.429. The number of sulfonamides is 1. The molecule has 0 aromatic carbocycles. The molecular weight excluding hydrogens is 326 g/mol. The first-order valence-electron chi connectivity index (χ1n) is 6.74. The highest BCUT2D eigenvalue weighted by Crippen LogP contribution is 2.37. The largest absolute Gasteiger partial charge is 0.391 e. The summed E-state index contributed by atoms with van der Waals surface area (Å²) >= 11 is 2.88. The minimum absolute atomic E-state index is 0.0979. The van der Waals surface area contributed by atoms with Crippen LogP contribution in [0.1, 0.15) is 28.8 Å². The van der Waals surface area contributed by atoms with Crippen LogP contribution in [0.25, 0.3) is 0 Å². The van der Waals surface area contributed by atoms with Gasteiger partial charge in [0.2, 0.25) is 10.0 Å². The van der Waals surface area contributed by atoms with Crippen molar-refractivity contribution in [1.29, 1.82) is 0 Å². The lowest BCUT2D eigenvalue weighted by Gasteiger charge is -2.22. The van der Waals surface area contributed by atoms with E-state index in [0.717, 1.165) is 24.0 Å². The monoisotopic (exact) mass is 343 g/mol. The molecular formula is C14H17NO3S3. The zero-order chi connectivity index (χ0) is 15.0. The van der Waals surface area contributed by atoms with Gasteiger partial charge in [-0.15, -0.1) is 11.3 Å². The van der Waals surface area contributed by atoms with Gasteiger partial charge < -0.3 is 5.11 Å². The van der Waals surface area contributed by atoms with E-state index in [9.17, 15) is 13.5 Å². The van der Waals surface area contributed by atoms with Crippen LogP contribution in [-0.2, 0) is 23.2 Å². The Morgan fingerprint density at radius 2 is 2.14 bits per heavy atom. The van der Waals surface area contributed by atoms with Crippen molar-refractivity contribution in [2.45, 2.75) is 43.9 Å². The average Bonchev–Trinajstić information content (AvgIpc) is 3.00. The second kappa shape index (κ2) is 5.81. The number of nitrogens with zero attached hydrogens (tertiary/aromatic N) is 1. The van der Waals surface area contributed by atoms with Crippen LogP contribution in [-0.4, -0.2) is 23.9 Å². The Bertz CT molecular complexity index is 715. The van der Waals surface area contributed by atoms with Crippen molar-refractivity contribution in [3.8, 4) is 0 Å². The summed E-state index contributed by atoms with van der Waals surface area (Å²) in [5.41, 5.74) is 1.74. The molecule has 114 valence electrons. The van der Waals surface area contributed by atoms with Crippen molar-refractivity contribution in [3.63, 3.8) is 0 Å². The minimum Gasteiger partial charge on any atom is -0.391 e. The van der Waals surface area contributed by atoms with E-state index in [-0.39, 0.29) is 12.6 Å². The molecule has 0 unspecified atom stereocenters. The number of hydrogen-bond acceptors (Lipinski definition) is 5.